The molecule has 1 heterocycles. The number of rotatable bonds is 6. The molecule has 0 spiro atoms. The van der Waals surface area contributed by atoms with Crippen LogP contribution in [-0.2, 0) is 17.8 Å². The highest BCUT2D eigenvalue weighted by Gasteiger charge is 2.50. The van der Waals surface area contributed by atoms with Gasteiger partial charge >= 0.3 is 6.18 Å². The number of fused-ring (bicyclic) bond motifs is 1. The van der Waals surface area contributed by atoms with Crippen LogP contribution in [0.3, 0.4) is 0 Å². The summed E-state index contributed by atoms with van der Waals surface area (Å²) in [6, 6.07) is 3.56. The van der Waals surface area contributed by atoms with Gasteiger partial charge in [-0.1, -0.05) is 0 Å². The van der Waals surface area contributed by atoms with Gasteiger partial charge < -0.3 is 19.9 Å². The number of ether oxygens (including phenoxy) is 2. The van der Waals surface area contributed by atoms with E-state index >= 15 is 0 Å². The molecule has 0 saturated carbocycles. The minimum absolute atomic E-state index is 0.0207. The third-order valence-corrected chi connectivity index (χ3v) is 3.97. The van der Waals surface area contributed by atoms with Crippen molar-refractivity contribution in [1.82, 2.24) is 5.32 Å². The highest BCUT2D eigenvalue weighted by Crippen LogP contribution is 2.35. The Morgan fingerprint density at radius 3 is 2.72 bits per heavy atom. The largest absolute Gasteiger partial charge is 0.494 e. The van der Waals surface area contributed by atoms with Gasteiger partial charge in [0.05, 0.1) is 13.0 Å². The molecule has 140 valence electrons. The number of hydrogen-bond donors (Lipinski definition) is 2. The number of aliphatic hydroxyl groups is 1. The van der Waals surface area contributed by atoms with Crippen LogP contribution in [0.2, 0.25) is 0 Å². The lowest BCUT2D eigenvalue weighted by molar-refractivity contribution is -0.253. The predicted octanol–water partition coefficient (Wildman–Crippen LogP) is 2.73. The van der Waals surface area contributed by atoms with Gasteiger partial charge in [0.15, 0.2) is 5.60 Å². The molecule has 0 radical (unpaired) electrons. The molecule has 1 aromatic rings. The van der Waals surface area contributed by atoms with E-state index in [2.05, 4.69) is 5.32 Å². The van der Waals surface area contributed by atoms with E-state index in [9.17, 15) is 23.1 Å². The van der Waals surface area contributed by atoms with Gasteiger partial charge in [-0.25, -0.2) is 0 Å². The standard InChI is InChI=1S/C17H22F3NO4/c1-4-24-13-6-11-5-10(2)25-14(11)7-12(13)9-21-15(22)8-16(3,23)17(18,19)20/h6-7,10,23H,4-5,8-9H2,1-3H3,(H,21,22)/t10-,16-/m0/s1. The van der Waals surface area contributed by atoms with Crippen molar-refractivity contribution in [3.05, 3.63) is 23.3 Å². The Morgan fingerprint density at radius 1 is 1.44 bits per heavy atom. The van der Waals surface area contributed by atoms with Gasteiger partial charge in [0.2, 0.25) is 5.91 Å². The number of alkyl halides is 3. The van der Waals surface area contributed by atoms with Gasteiger partial charge in [0, 0.05) is 24.1 Å². The molecule has 0 aromatic heterocycles. The maximum absolute atomic E-state index is 12.6. The van der Waals surface area contributed by atoms with Crippen LogP contribution in [0.25, 0.3) is 0 Å². The van der Waals surface area contributed by atoms with Crippen LogP contribution in [-0.4, -0.2) is 35.5 Å². The Hall–Kier alpha value is -1.96. The van der Waals surface area contributed by atoms with Crippen LogP contribution < -0.4 is 14.8 Å². The van der Waals surface area contributed by atoms with Gasteiger partial charge in [-0.15, -0.1) is 0 Å². The Bertz CT molecular complexity index is 644. The zero-order valence-corrected chi connectivity index (χ0v) is 14.4. The second-order valence-electron chi connectivity index (χ2n) is 6.36. The van der Waals surface area contributed by atoms with Gasteiger partial charge in [0.25, 0.3) is 0 Å². The minimum Gasteiger partial charge on any atom is -0.494 e. The second-order valence-corrected chi connectivity index (χ2v) is 6.36. The molecule has 0 unspecified atom stereocenters. The summed E-state index contributed by atoms with van der Waals surface area (Å²) in [4.78, 5) is 11.8. The van der Waals surface area contributed by atoms with Crippen molar-refractivity contribution in [2.75, 3.05) is 6.61 Å². The first-order valence-electron chi connectivity index (χ1n) is 8.04. The van der Waals surface area contributed by atoms with E-state index in [4.69, 9.17) is 9.47 Å². The predicted molar refractivity (Wildman–Crippen MR) is 84.5 cm³/mol. The smallest absolute Gasteiger partial charge is 0.417 e. The number of amides is 1. The van der Waals surface area contributed by atoms with Crippen molar-refractivity contribution >= 4 is 5.91 Å². The first kappa shape index (κ1) is 19.4. The van der Waals surface area contributed by atoms with Crippen molar-refractivity contribution < 1.29 is 32.5 Å². The number of carbonyl (C=O) groups excluding carboxylic acids is 1. The number of benzene rings is 1. The SMILES string of the molecule is CCOc1cc2c(cc1CNC(=O)C[C@](C)(O)C(F)(F)F)O[C@@H](C)C2. The van der Waals surface area contributed by atoms with E-state index in [0.29, 0.717) is 30.6 Å². The number of hydrogen-bond acceptors (Lipinski definition) is 4. The molecular weight excluding hydrogens is 339 g/mol. The first-order chi connectivity index (χ1) is 11.5. The average molecular weight is 361 g/mol. The van der Waals surface area contributed by atoms with Gasteiger partial charge in [-0.3, -0.25) is 4.79 Å². The fourth-order valence-corrected chi connectivity index (χ4v) is 2.58. The molecule has 2 N–H and O–H groups in total. The third kappa shape index (κ3) is 4.56. The van der Waals surface area contributed by atoms with E-state index < -0.39 is 24.1 Å². The fourth-order valence-electron chi connectivity index (χ4n) is 2.58. The summed E-state index contributed by atoms with van der Waals surface area (Å²) in [6.07, 6.45) is -5.16. The molecule has 1 aliphatic heterocycles. The van der Waals surface area contributed by atoms with Crippen LogP contribution >= 0.6 is 0 Å². The molecule has 0 bridgehead atoms. The molecule has 0 fully saturated rings. The summed E-state index contributed by atoms with van der Waals surface area (Å²) < 4.78 is 49.1. The van der Waals surface area contributed by atoms with Crippen molar-refractivity contribution in [2.45, 2.75) is 58.0 Å². The Morgan fingerprint density at radius 2 is 2.12 bits per heavy atom. The molecule has 2 atom stereocenters. The summed E-state index contributed by atoms with van der Waals surface area (Å²) in [7, 11) is 0. The molecule has 25 heavy (non-hydrogen) atoms. The lowest BCUT2D eigenvalue weighted by Gasteiger charge is -2.25. The number of nitrogens with one attached hydrogen (secondary N) is 1. The summed E-state index contributed by atoms with van der Waals surface area (Å²) >= 11 is 0. The lowest BCUT2D eigenvalue weighted by atomic mass is 10.0. The molecule has 5 nitrogen and oxygen atoms in total. The Kier molecular flexibility index (Phi) is 5.51. The summed E-state index contributed by atoms with van der Waals surface area (Å²) in [5, 5.41) is 11.8. The van der Waals surface area contributed by atoms with Crippen LogP contribution in [0.15, 0.2) is 12.1 Å². The molecule has 0 aliphatic carbocycles. The third-order valence-electron chi connectivity index (χ3n) is 3.97. The normalized spacial score (nSPS) is 18.9. The Labute approximate surface area is 144 Å². The zero-order chi connectivity index (χ0) is 18.8. The molecule has 1 aromatic carbocycles. The van der Waals surface area contributed by atoms with Crippen molar-refractivity contribution in [3.63, 3.8) is 0 Å². The van der Waals surface area contributed by atoms with E-state index in [1.807, 2.05) is 19.9 Å². The monoisotopic (exact) mass is 361 g/mol. The lowest BCUT2D eigenvalue weighted by Crippen LogP contribution is -2.46. The second kappa shape index (κ2) is 7.11. The van der Waals surface area contributed by atoms with Crippen molar-refractivity contribution in [1.29, 1.82) is 0 Å². The molecule has 1 amide bonds. The van der Waals surface area contributed by atoms with Crippen LogP contribution in [0.1, 0.15) is 38.3 Å². The number of carbonyl (C=O) groups is 1. The molecule has 0 saturated heterocycles. The maximum Gasteiger partial charge on any atom is 0.417 e. The van der Waals surface area contributed by atoms with Crippen LogP contribution in [0.5, 0.6) is 11.5 Å². The topological polar surface area (TPSA) is 67.8 Å². The molecular formula is C17H22F3NO4. The fraction of sp³-hybridized carbons (Fsp3) is 0.588. The van der Waals surface area contributed by atoms with E-state index in [-0.39, 0.29) is 12.6 Å². The van der Waals surface area contributed by atoms with Crippen molar-refractivity contribution in [2.24, 2.45) is 0 Å². The highest BCUT2D eigenvalue weighted by atomic mass is 19.4. The summed E-state index contributed by atoms with van der Waals surface area (Å²) in [5.74, 6) is 0.337. The Balaban J connectivity index is 2.07. The maximum atomic E-state index is 12.6. The quantitative estimate of drug-likeness (QED) is 0.818. The van der Waals surface area contributed by atoms with Crippen molar-refractivity contribution in [3.8, 4) is 11.5 Å². The van der Waals surface area contributed by atoms with Gasteiger partial charge in [0.1, 0.15) is 17.6 Å². The average Bonchev–Trinajstić information content (AvgIpc) is 2.82. The van der Waals surface area contributed by atoms with E-state index in [0.717, 1.165) is 12.0 Å². The summed E-state index contributed by atoms with van der Waals surface area (Å²) in [5.41, 5.74) is -1.48. The summed E-state index contributed by atoms with van der Waals surface area (Å²) in [6.45, 7) is 4.71. The minimum atomic E-state index is -4.88. The first-order valence-corrected chi connectivity index (χ1v) is 8.04. The number of halogens is 3. The van der Waals surface area contributed by atoms with Gasteiger partial charge in [-0.05, 0) is 32.9 Å². The van der Waals surface area contributed by atoms with Gasteiger partial charge in [-0.2, -0.15) is 13.2 Å². The highest BCUT2D eigenvalue weighted by molar-refractivity contribution is 5.77. The zero-order valence-electron chi connectivity index (χ0n) is 14.4. The molecule has 8 heteroatoms. The van der Waals surface area contributed by atoms with Crippen LogP contribution in [0, 0.1) is 0 Å². The molecule has 2 rings (SSSR count). The molecule has 1 aliphatic rings. The van der Waals surface area contributed by atoms with E-state index in [1.165, 1.54) is 0 Å². The van der Waals surface area contributed by atoms with E-state index in [1.54, 1.807) is 6.07 Å². The van der Waals surface area contributed by atoms with Crippen LogP contribution in [0.4, 0.5) is 13.2 Å².